The Morgan fingerprint density at radius 2 is 2.21 bits per heavy atom. The maximum Gasteiger partial charge on any atom is 0.134 e. The van der Waals surface area contributed by atoms with Gasteiger partial charge >= 0.3 is 0 Å². The summed E-state index contributed by atoms with van der Waals surface area (Å²) in [5, 5.41) is 11.0. The molecule has 0 saturated carbocycles. The highest BCUT2D eigenvalue weighted by atomic mass is 16.5. The van der Waals surface area contributed by atoms with Crippen molar-refractivity contribution in [3.05, 3.63) is 35.7 Å². The van der Waals surface area contributed by atoms with Gasteiger partial charge < -0.3 is 14.8 Å². The summed E-state index contributed by atoms with van der Waals surface area (Å²) in [7, 11) is 5.38. The molecular formula is C13H18N4O2. The van der Waals surface area contributed by atoms with Crippen LogP contribution in [0.15, 0.2) is 24.4 Å². The molecule has 0 amide bonds. The molecule has 0 aliphatic heterocycles. The number of rotatable bonds is 6. The Labute approximate surface area is 112 Å². The molecule has 0 aliphatic rings. The summed E-state index contributed by atoms with van der Waals surface area (Å²) in [6, 6.07) is 5.75. The van der Waals surface area contributed by atoms with Crippen molar-refractivity contribution in [3.8, 4) is 11.5 Å². The Hall–Kier alpha value is -2.08. The Balaban J connectivity index is 2.10. The van der Waals surface area contributed by atoms with E-state index < -0.39 is 0 Å². The van der Waals surface area contributed by atoms with Crippen LogP contribution in [0.4, 0.5) is 0 Å². The van der Waals surface area contributed by atoms with Gasteiger partial charge in [0.1, 0.15) is 23.8 Å². The molecule has 6 nitrogen and oxygen atoms in total. The van der Waals surface area contributed by atoms with Gasteiger partial charge in [0, 0.05) is 19.2 Å². The molecule has 0 unspecified atom stereocenters. The predicted octanol–water partition coefficient (Wildman–Crippen LogP) is 1.12. The van der Waals surface area contributed by atoms with E-state index in [-0.39, 0.29) is 0 Å². The van der Waals surface area contributed by atoms with Crippen LogP contribution in [0.25, 0.3) is 0 Å². The Kier molecular flexibility index (Phi) is 4.35. The average molecular weight is 262 g/mol. The first-order valence-electron chi connectivity index (χ1n) is 6.02. The smallest absolute Gasteiger partial charge is 0.134 e. The van der Waals surface area contributed by atoms with Gasteiger partial charge in [-0.25, -0.2) is 0 Å². The fraction of sp³-hybridized carbons (Fsp3) is 0.385. The first-order chi connectivity index (χ1) is 9.22. The quantitative estimate of drug-likeness (QED) is 0.845. The molecule has 102 valence electrons. The second-order valence-corrected chi connectivity index (χ2v) is 4.18. The minimum absolute atomic E-state index is 0.400. The Morgan fingerprint density at radius 1 is 1.37 bits per heavy atom. The number of ether oxygens (including phenoxy) is 2. The van der Waals surface area contributed by atoms with Gasteiger partial charge in [-0.15, -0.1) is 5.10 Å². The van der Waals surface area contributed by atoms with Gasteiger partial charge in [0.2, 0.25) is 0 Å². The van der Waals surface area contributed by atoms with Crippen LogP contribution < -0.4 is 14.8 Å². The van der Waals surface area contributed by atoms with E-state index >= 15 is 0 Å². The highest BCUT2D eigenvalue weighted by Crippen LogP contribution is 2.24. The highest BCUT2D eigenvalue weighted by molar-refractivity contribution is 5.40. The predicted molar refractivity (Wildman–Crippen MR) is 71.1 cm³/mol. The molecule has 6 heteroatoms. The largest absolute Gasteiger partial charge is 0.497 e. The highest BCUT2D eigenvalue weighted by Gasteiger charge is 2.07. The van der Waals surface area contributed by atoms with E-state index in [1.165, 1.54) is 0 Å². The van der Waals surface area contributed by atoms with Crippen LogP contribution in [0.3, 0.4) is 0 Å². The molecule has 0 spiro atoms. The number of aryl methyl sites for hydroxylation is 1. The van der Waals surface area contributed by atoms with Crippen LogP contribution in [-0.2, 0) is 20.2 Å². The monoisotopic (exact) mass is 262 g/mol. The zero-order valence-electron chi connectivity index (χ0n) is 11.4. The van der Waals surface area contributed by atoms with E-state index in [1.54, 1.807) is 11.8 Å². The zero-order valence-corrected chi connectivity index (χ0v) is 11.4. The molecular weight excluding hydrogens is 244 g/mol. The molecule has 19 heavy (non-hydrogen) atoms. The first kappa shape index (κ1) is 13.4. The van der Waals surface area contributed by atoms with Crippen molar-refractivity contribution in [2.75, 3.05) is 14.2 Å². The topological polar surface area (TPSA) is 61.2 Å². The minimum atomic E-state index is 0.400. The summed E-state index contributed by atoms with van der Waals surface area (Å²) >= 11 is 0. The second kappa shape index (κ2) is 6.19. The lowest BCUT2D eigenvalue weighted by molar-refractivity contribution is 0.296. The van der Waals surface area contributed by atoms with Gasteiger partial charge in [0.15, 0.2) is 0 Å². The van der Waals surface area contributed by atoms with Gasteiger partial charge in [0.25, 0.3) is 0 Å². The molecule has 0 fully saturated rings. The van der Waals surface area contributed by atoms with Crippen molar-refractivity contribution < 1.29 is 9.47 Å². The lowest BCUT2D eigenvalue weighted by atomic mass is 10.2. The van der Waals surface area contributed by atoms with Crippen molar-refractivity contribution in [3.63, 3.8) is 0 Å². The molecule has 2 rings (SSSR count). The summed E-state index contributed by atoms with van der Waals surface area (Å²) < 4.78 is 12.6. The van der Waals surface area contributed by atoms with Crippen molar-refractivity contribution in [1.29, 1.82) is 0 Å². The van der Waals surface area contributed by atoms with Gasteiger partial charge in [-0.3, -0.25) is 4.68 Å². The number of hydrogen-bond donors (Lipinski definition) is 1. The normalized spacial score (nSPS) is 10.5. The molecule has 1 aromatic heterocycles. The number of nitrogens with zero attached hydrogens (tertiary/aromatic N) is 3. The van der Waals surface area contributed by atoms with Crippen molar-refractivity contribution in [1.82, 2.24) is 20.3 Å². The zero-order chi connectivity index (χ0) is 13.7. The maximum absolute atomic E-state index is 5.78. The van der Waals surface area contributed by atoms with E-state index in [2.05, 4.69) is 15.6 Å². The number of benzene rings is 1. The number of nitrogens with one attached hydrogen (secondary N) is 1. The van der Waals surface area contributed by atoms with E-state index in [9.17, 15) is 0 Å². The van der Waals surface area contributed by atoms with Gasteiger partial charge in [-0.05, 0) is 25.2 Å². The number of hydrogen-bond acceptors (Lipinski definition) is 5. The van der Waals surface area contributed by atoms with Crippen molar-refractivity contribution in [2.45, 2.75) is 13.2 Å². The second-order valence-electron chi connectivity index (χ2n) is 4.18. The van der Waals surface area contributed by atoms with E-state index in [0.717, 1.165) is 22.8 Å². The third-order valence-corrected chi connectivity index (χ3v) is 2.66. The van der Waals surface area contributed by atoms with Crippen LogP contribution in [0.5, 0.6) is 11.5 Å². The number of aromatic nitrogens is 3. The van der Waals surface area contributed by atoms with Gasteiger partial charge in [0.05, 0.1) is 13.3 Å². The summed E-state index contributed by atoms with van der Waals surface area (Å²) in [4.78, 5) is 0. The Bertz CT molecular complexity index is 539. The minimum Gasteiger partial charge on any atom is -0.497 e. The van der Waals surface area contributed by atoms with Crippen LogP contribution in [-0.4, -0.2) is 29.2 Å². The summed E-state index contributed by atoms with van der Waals surface area (Å²) in [5.74, 6) is 1.64. The van der Waals surface area contributed by atoms with Gasteiger partial charge in [-0.2, -0.15) is 0 Å². The fourth-order valence-electron chi connectivity index (χ4n) is 1.77. The molecule has 0 saturated heterocycles. The van der Waals surface area contributed by atoms with E-state index in [0.29, 0.717) is 13.2 Å². The SMILES string of the molecule is CNCc1cc(OC)ccc1OCc1cn(C)nn1. The molecule has 0 aliphatic carbocycles. The lowest BCUT2D eigenvalue weighted by Gasteiger charge is -2.11. The summed E-state index contributed by atoms with van der Waals surface area (Å²) in [5.41, 5.74) is 1.85. The molecule has 1 heterocycles. The fourth-order valence-corrected chi connectivity index (χ4v) is 1.77. The van der Waals surface area contributed by atoms with Crippen LogP contribution in [0, 0.1) is 0 Å². The third kappa shape index (κ3) is 3.45. The molecule has 0 radical (unpaired) electrons. The molecule has 1 aromatic carbocycles. The molecule has 0 bridgehead atoms. The van der Waals surface area contributed by atoms with Crippen LogP contribution in [0.1, 0.15) is 11.3 Å². The Morgan fingerprint density at radius 3 is 2.84 bits per heavy atom. The summed E-state index contributed by atoms with van der Waals surface area (Å²) in [6.07, 6.45) is 1.83. The van der Waals surface area contributed by atoms with Gasteiger partial charge in [-0.1, -0.05) is 5.21 Å². The average Bonchev–Trinajstić information content (AvgIpc) is 2.83. The first-order valence-corrected chi connectivity index (χ1v) is 6.02. The van der Waals surface area contributed by atoms with Crippen LogP contribution >= 0.6 is 0 Å². The lowest BCUT2D eigenvalue weighted by Crippen LogP contribution is -2.08. The van der Waals surface area contributed by atoms with E-state index in [1.807, 2.05) is 38.5 Å². The standard InChI is InChI=1S/C13H18N4O2/c1-14-7-10-6-12(18-3)4-5-13(10)19-9-11-8-17(2)16-15-11/h4-6,8,14H,7,9H2,1-3H3. The third-order valence-electron chi connectivity index (χ3n) is 2.66. The van der Waals surface area contributed by atoms with Crippen LogP contribution in [0.2, 0.25) is 0 Å². The molecule has 2 aromatic rings. The maximum atomic E-state index is 5.78. The van der Waals surface area contributed by atoms with Crippen molar-refractivity contribution in [2.24, 2.45) is 7.05 Å². The molecule has 0 atom stereocenters. The number of methoxy groups -OCH3 is 1. The summed E-state index contributed by atoms with van der Waals surface area (Å²) in [6.45, 7) is 1.11. The van der Waals surface area contributed by atoms with Crippen molar-refractivity contribution >= 4 is 0 Å². The molecule has 1 N–H and O–H groups in total. The van der Waals surface area contributed by atoms with E-state index in [4.69, 9.17) is 9.47 Å².